The van der Waals surface area contributed by atoms with Crippen LogP contribution in [0.5, 0.6) is 0 Å². The summed E-state index contributed by atoms with van der Waals surface area (Å²) in [5.74, 6) is -2.55. The van der Waals surface area contributed by atoms with Crippen molar-refractivity contribution in [2.45, 2.75) is 84.2 Å². The van der Waals surface area contributed by atoms with Gasteiger partial charge in [0.25, 0.3) is 0 Å². The molecule has 1 aliphatic heterocycles. The van der Waals surface area contributed by atoms with Gasteiger partial charge in [-0.3, -0.25) is 19.2 Å². The number of rotatable bonds is 8. The topological polar surface area (TPSA) is 114 Å². The van der Waals surface area contributed by atoms with Crippen LogP contribution >= 0.6 is 0 Å². The molecule has 9 nitrogen and oxygen atoms in total. The molecule has 1 rings (SSSR count). The highest BCUT2D eigenvalue weighted by molar-refractivity contribution is 6.37. The van der Waals surface area contributed by atoms with E-state index in [0.717, 1.165) is 0 Å². The fourth-order valence-corrected chi connectivity index (χ4v) is 4.35. The summed E-state index contributed by atoms with van der Waals surface area (Å²) in [6.45, 7) is 10.5. The van der Waals surface area contributed by atoms with Crippen molar-refractivity contribution in [3.63, 3.8) is 0 Å². The molecule has 1 aliphatic rings. The minimum Gasteiger partial charge on any atom is -0.462 e. The van der Waals surface area contributed by atoms with E-state index in [-0.39, 0.29) is 12.5 Å². The van der Waals surface area contributed by atoms with Gasteiger partial charge in [-0.1, -0.05) is 13.5 Å². The summed E-state index contributed by atoms with van der Waals surface area (Å²) >= 11 is 0. The van der Waals surface area contributed by atoms with Crippen molar-refractivity contribution in [2.75, 3.05) is 6.61 Å². The first kappa shape index (κ1) is 25.1. The summed E-state index contributed by atoms with van der Waals surface area (Å²) < 4.78 is 27.7. The molecule has 0 aromatic rings. The van der Waals surface area contributed by atoms with Crippen LogP contribution in [0.1, 0.15) is 48.0 Å². The molecule has 6 unspecified atom stereocenters. The van der Waals surface area contributed by atoms with Crippen molar-refractivity contribution in [3.8, 4) is 0 Å². The zero-order valence-corrected chi connectivity index (χ0v) is 19.6. The number of hydrogen-bond acceptors (Lipinski definition) is 9. The Morgan fingerprint density at radius 2 is 1.62 bits per heavy atom. The van der Waals surface area contributed by atoms with E-state index in [4.69, 9.17) is 23.7 Å². The average Bonchev–Trinajstić information content (AvgIpc) is 2.58. The molecule has 0 aromatic carbocycles. The molecule has 1 saturated heterocycles. The molecule has 166 valence electrons. The van der Waals surface area contributed by atoms with Gasteiger partial charge in [0.1, 0.15) is 18.8 Å². The SMILES string of the molecule is C[SiH2]C1(C)CC(OC(C)=O)C(C)C(C(OC(C)=O)C(COC(C)=O)OC(C)=O)O1. The first-order valence-corrected chi connectivity index (χ1v) is 11.8. The van der Waals surface area contributed by atoms with Gasteiger partial charge in [-0.05, 0) is 6.92 Å². The van der Waals surface area contributed by atoms with Gasteiger partial charge >= 0.3 is 23.9 Å². The van der Waals surface area contributed by atoms with Crippen LogP contribution in [0.4, 0.5) is 0 Å². The molecular formula is C19H32O9Si. The largest absolute Gasteiger partial charge is 0.462 e. The maximum Gasteiger partial charge on any atom is 0.303 e. The number of hydrogen-bond donors (Lipinski definition) is 0. The Bertz CT molecular complexity index is 623. The Labute approximate surface area is 173 Å². The molecular weight excluding hydrogens is 400 g/mol. The fraction of sp³-hybridized carbons (Fsp3) is 0.789. The molecule has 0 radical (unpaired) electrons. The third-order valence-corrected chi connectivity index (χ3v) is 6.94. The van der Waals surface area contributed by atoms with Gasteiger partial charge in [0, 0.05) is 40.0 Å². The van der Waals surface area contributed by atoms with E-state index in [1.807, 2.05) is 13.8 Å². The number of carbonyl (C=O) groups excluding carboxylic acids is 4. The second-order valence-corrected chi connectivity index (χ2v) is 9.82. The minimum absolute atomic E-state index is 0.294. The fourth-order valence-electron chi connectivity index (χ4n) is 3.42. The Morgan fingerprint density at radius 3 is 2.07 bits per heavy atom. The van der Waals surface area contributed by atoms with E-state index in [0.29, 0.717) is 6.42 Å². The second-order valence-electron chi connectivity index (χ2n) is 7.62. The first-order valence-electron chi connectivity index (χ1n) is 9.71. The predicted molar refractivity (Wildman–Crippen MR) is 105 cm³/mol. The maximum absolute atomic E-state index is 11.8. The lowest BCUT2D eigenvalue weighted by Gasteiger charge is -2.48. The normalized spacial score (nSPS) is 29.0. The van der Waals surface area contributed by atoms with Crippen molar-refractivity contribution in [3.05, 3.63) is 0 Å². The van der Waals surface area contributed by atoms with Crippen molar-refractivity contribution in [2.24, 2.45) is 5.92 Å². The van der Waals surface area contributed by atoms with Gasteiger partial charge < -0.3 is 23.7 Å². The van der Waals surface area contributed by atoms with E-state index in [2.05, 4.69) is 6.55 Å². The Kier molecular flexibility index (Phi) is 9.28. The van der Waals surface area contributed by atoms with Gasteiger partial charge in [-0.25, -0.2) is 0 Å². The standard InChI is InChI=1S/C19H32O9Si/c1-10-15(25-12(3)21)8-19(6,29-7)28-17(10)18(27-14(5)23)16(26-13(4)22)9-24-11(2)20/h10,15-18H,8-9,29H2,1-7H3. The van der Waals surface area contributed by atoms with E-state index < -0.39 is 63.0 Å². The summed E-state index contributed by atoms with van der Waals surface area (Å²) in [4.78, 5) is 46.4. The Hall–Kier alpha value is -1.94. The lowest BCUT2D eigenvalue weighted by molar-refractivity contribution is -0.225. The lowest BCUT2D eigenvalue weighted by atomic mass is 9.85. The van der Waals surface area contributed by atoms with Crippen LogP contribution < -0.4 is 0 Å². The summed E-state index contributed by atoms with van der Waals surface area (Å²) in [5, 5.41) is -0.516. The van der Waals surface area contributed by atoms with Crippen molar-refractivity contribution < 1.29 is 42.9 Å². The van der Waals surface area contributed by atoms with Crippen molar-refractivity contribution in [1.29, 1.82) is 0 Å². The number of ether oxygens (including phenoxy) is 5. The van der Waals surface area contributed by atoms with Gasteiger partial charge in [0.05, 0.1) is 14.7 Å². The summed E-state index contributed by atoms with van der Waals surface area (Å²) in [6, 6.07) is 0. The molecule has 0 saturated carbocycles. The summed E-state index contributed by atoms with van der Waals surface area (Å²) in [6.07, 6.45) is -2.75. The molecule has 1 heterocycles. The van der Waals surface area contributed by atoms with Gasteiger partial charge in [0.15, 0.2) is 12.2 Å². The second kappa shape index (κ2) is 10.7. The lowest BCUT2D eigenvalue weighted by Crippen LogP contribution is -2.60. The summed E-state index contributed by atoms with van der Waals surface area (Å²) in [7, 11) is -0.725. The molecule has 0 aromatic heterocycles. The molecule has 29 heavy (non-hydrogen) atoms. The van der Waals surface area contributed by atoms with E-state index >= 15 is 0 Å². The van der Waals surface area contributed by atoms with Gasteiger partial charge in [-0.15, -0.1) is 0 Å². The Balaban J connectivity index is 3.30. The van der Waals surface area contributed by atoms with Crippen LogP contribution in [0.3, 0.4) is 0 Å². The zero-order valence-electron chi connectivity index (χ0n) is 18.2. The van der Waals surface area contributed by atoms with Crippen LogP contribution in [-0.2, 0) is 42.9 Å². The smallest absolute Gasteiger partial charge is 0.303 e. The van der Waals surface area contributed by atoms with E-state index in [1.54, 1.807) is 0 Å². The number of carbonyl (C=O) groups is 4. The average molecular weight is 433 g/mol. The third kappa shape index (κ3) is 7.77. The van der Waals surface area contributed by atoms with Gasteiger partial charge in [0.2, 0.25) is 0 Å². The molecule has 6 atom stereocenters. The molecule has 1 fully saturated rings. The zero-order chi connectivity index (χ0) is 22.4. The van der Waals surface area contributed by atoms with Crippen LogP contribution in [0.25, 0.3) is 0 Å². The van der Waals surface area contributed by atoms with Gasteiger partial charge in [-0.2, -0.15) is 0 Å². The van der Waals surface area contributed by atoms with E-state index in [1.165, 1.54) is 27.7 Å². The molecule has 0 aliphatic carbocycles. The molecule has 0 amide bonds. The van der Waals surface area contributed by atoms with Crippen LogP contribution in [0, 0.1) is 5.92 Å². The first-order chi connectivity index (χ1) is 13.4. The molecule has 0 N–H and O–H groups in total. The predicted octanol–water partition coefficient (Wildman–Crippen LogP) is 0.703. The monoisotopic (exact) mass is 432 g/mol. The minimum atomic E-state index is -1.06. The quantitative estimate of drug-likeness (QED) is 0.310. The molecule has 10 heteroatoms. The third-order valence-electron chi connectivity index (χ3n) is 4.98. The van der Waals surface area contributed by atoms with Crippen molar-refractivity contribution in [1.82, 2.24) is 0 Å². The Morgan fingerprint density at radius 1 is 1.03 bits per heavy atom. The maximum atomic E-state index is 11.8. The van der Waals surface area contributed by atoms with Crippen LogP contribution in [0.15, 0.2) is 0 Å². The van der Waals surface area contributed by atoms with E-state index in [9.17, 15) is 19.2 Å². The molecule has 0 spiro atoms. The number of esters is 4. The summed E-state index contributed by atoms with van der Waals surface area (Å²) in [5.41, 5.74) is 0. The molecule has 0 bridgehead atoms. The highest BCUT2D eigenvalue weighted by Crippen LogP contribution is 2.37. The highest BCUT2D eigenvalue weighted by atomic mass is 28.2. The van der Waals surface area contributed by atoms with Crippen molar-refractivity contribution >= 4 is 33.4 Å². The van der Waals surface area contributed by atoms with Crippen LogP contribution in [0.2, 0.25) is 6.55 Å². The highest BCUT2D eigenvalue weighted by Gasteiger charge is 2.50. The van der Waals surface area contributed by atoms with Crippen LogP contribution in [-0.4, -0.2) is 69.6 Å².